The summed E-state index contributed by atoms with van der Waals surface area (Å²) in [7, 11) is 1.58. The molecule has 1 atom stereocenters. The molecule has 0 saturated carbocycles. The molecule has 1 amide bonds. The molecule has 1 aliphatic rings. The number of halogens is 1. The Morgan fingerprint density at radius 1 is 1.14 bits per heavy atom. The summed E-state index contributed by atoms with van der Waals surface area (Å²) in [5.41, 5.74) is 7.68. The molecule has 13 nitrogen and oxygen atoms in total. The van der Waals surface area contributed by atoms with Gasteiger partial charge < -0.3 is 29.4 Å². The first-order valence-corrected chi connectivity index (χ1v) is 13.9. The highest BCUT2D eigenvalue weighted by atomic mass is 19.1. The Bertz CT molecular complexity index is 1690. The highest BCUT2D eigenvalue weighted by molar-refractivity contribution is 5.92. The van der Waals surface area contributed by atoms with Crippen molar-refractivity contribution in [1.82, 2.24) is 34.3 Å². The van der Waals surface area contributed by atoms with Crippen LogP contribution in [-0.4, -0.2) is 86.7 Å². The SMILES string of the molecule is CCC[C@H](C(=O)N1CCN(c2ccc(OCCOC)cc2F)CC1)n1ncc2c1nc(N)n1nc(-c3ccco3)nc21. The Labute approximate surface area is 240 Å². The average molecular weight is 578 g/mol. The molecule has 1 fully saturated rings. The number of nitrogens with two attached hydrogens (primary N) is 1. The number of nitrogens with zero attached hydrogens (tertiary/aromatic N) is 8. The van der Waals surface area contributed by atoms with Crippen molar-refractivity contribution in [3.63, 3.8) is 0 Å². The number of hydrogen-bond acceptors (Lipinski definition) is 10. The molecule has 2 N–H and O–H groups in total. The molecule has 1 aromatic carbocycles. The largest absolute Gasteiger partial charge is 0.491 e. The first-order chi connectivity index (χ1) is 20.5. The van der Waals surface area contributed by atoms with Crippen molar-refractivity contribution >= 4 is 34.2 Å². The third kappa shape index (κ3) is 5.09. The third-order valence-electron chi connectivity index (χ3n) is 7.35. The van der Waals surface area contributed by atoms with Gasteiger partial charge in [-0.25, -0.2) is 14.1 Å². The summed E-state index contributed by atoms with van der Waals surface area (Å²) in [6, 6.07) is 7.77. The summed E-state index contributed by atoms with van der Waals surface area (Å²) in [4.78, 5) is 26.8. The van der Waals surface area contributed by atoms with Crippen LogP contribution in [0.3, 0.4) is 0 Å². The predicted molar refractivity (Wildman–Crippen MR) is 153 cm³/mol. The number of furan rings is 1. The van der Waals surface area contributed by atoms with Crippen LogP contribution >= 0.6 is 0 Å². The second-order valence-electron chi connectivity index (χ2n) is 10.0. The maximum absolute atomic E-state index is 14.9. The van der Waals surface area contributed by atoms with E-state index in [1.54, 1.807) is 53.4 Å². The predicted octanol–water partition coefficient (Wildman–Crippen LogP) is 3.17. The first kappa shape index (κ1) is 27.4. The van der Waals surface area contributed by atoms with Crippen molar-refractivity contribution in [2.45, 2.75) is 25.8 Å². The van der Waals surface area contributed by atoms with Gasteiger partial charge in [-0.3, -0.25) is 4.79 Å². The summed E-state index contributed by atoms with van der Waals surface area (Å²) in [5, 5.41) is 9.62. The Morgan fingerprint density at radius 3 is 2.69 bits per heavy atom. The fraction of sp³-hybridized carbons (Fsp3) is 0.393. The molecule has 0 aliphatic carbocycles. The molecule has 5 aromatic rings. The molecular weight excluding hydrogens is 545 g/mol. The summed E-state index contributed by atoms with van der Waals surface area (Å²) in [6.45, 7) is 4.66. The number of amides is 1. The number of anilines is 2. The van der Waals surface area contributed by atoms with Crippen LogP contribution < -0.4 is 15.4 Å². The maximum Gasteiger partial charge on any atom is 0.247 e. The van der Waals surface area contributed by atoms with E-state index in [1.165, 1.54) is 10.6 Å². The van der Waals surface area contributed by atoms with E-state index in [9.17, 15) is 9.18 Å². The Balaban J connectivity index is 1.20. The molecular formula is C28H32FN9O4. The summed E-state index contributed by atoms with van der Waals surface area (Å²) in [6.07, 6.45) is 4.50. The number of hydrogen-bond donors (Lipinski definition) is 1. The van der Waals surface area contributed by atoms with E-state index in [4.69, 9.17) is 19.6 Å². The third-order valence-corrected chi connectivity index (χ3v) is 7.35. The van der Waals surface area contributed by atoms with E-state index >= 15 is 0 Å². The van der Waals surface area contributed by atoms with Gasteiger partial charge in [-0.2, -0.15) is 14.6 Å². The van der Waals surface area contributed by atoms with Crippen molar-refractivity contribution in [3.8, 4) is 17.3 Å². The van der Waals surface area contributed by atoms with Gasteiger partial charge in [0.25, 0.3) is 0 Å². The first-order valence-electron chi connectivity index (χ1n) is 13.9. The second kappa shape index (κ2) is 11.6. The van der Waals surface area contributed by atoms with E-state index < -0.39 is 6.04 Å². The molecule has 220 valence electrons. The lowest BCUT2D eigenvalue weighted by Crippen LogP contribution is -2.51. The topological polar surface area (TPSA) is 142 Å². The fourth-order valence-electron chi connectivity index (χ4n) is 5.24. The number of aromatic nitrogens is 6. The summed E-state index contributed by atoms with van der Waals surface area (Å²) in [5.74, 6) is 1.02. The van der Waals surface area contributed by atoms with Gasteiger partial charge in [-0.1, -0.05) is 13.3 Å². The highest BCUT2D eigenvalue weighted by Gasteiger charge is 2.31. The van der Waals surface area contributed by atoms with Crippen LogP contribution in [0.5, 0.6) is 5.75 Å². The molecule has 1 saturated heterocycles. The smallest absolute Gasteiger partial charge is 0.247 e. The minimum absolute atomic E-state index is 0.0677. The Hall–Kier alpha value is -4.72. The van der Waals surface area contributed by atoms with Crippen LogP contribution in [0.4, 0.5) is 16.0 Å². The van der Waals surface area contributed by atoms with Gasteiger partial charge in [0.15, 0.2) is 17.1 Å². The Morgan fingerprint density at radius 2 is 1.98 bits per heavy atom. The van der Waals surface area contributed by atoms with Crippen LogP contribution in [-0.2, 0) is 9.53 Å². The number of nitrogen functional groups attached to an aromatic ring is 1. The number of carbonyl (C=O) groups excluding carboxylic acids is 1. The number of rotatable bonds is 10. The number of methoxy groups -OCH3 is 1. The zero-order valence-corrected chi connectivity index (χ0v) is 23.4. The van der Waals surface area contributed by atoms with Gasteiger partial charge in [-0.05, 0) is 30.7 Å². The number of piperazine rings is 1. The molecule has 4 aromatic heterocycles. The van der Waals surface area contributed by atoms with Crippen molar-refractivity contribution in [2.24, 2.45) is 0 Å². The highest BCUT2D eigenvalue weighted by Crippen LogP contribution is 2.29. The molecule has 0 unspecified atom stereocenters. The van der Waals surface area contributed by atoms with E-state index in [1.807, 2.05) is 11.8 Å². The minimum atomic E-state index is -0.582. The molecule has 5 heterocycles. The molecule has 6 rings (SSSR count). The average Bonchev–Trinajstić information content (AvgIpc) is 3.76. The van der Waals surface area contributed by atoms with Crippen molar-refractivity contribution in [3.05, 3.63) is 48.6 Å². The zero-order chi connectivity index (χ0) is 29.2. The van der Waals surface area contributed by atoms with Crippen LogP contribution in [0.1, 0.15) is 25.8 Å². The van der Waals surface area contributed by atoms with E-state index in [0.29, 0.717) is 85.5 Å². The Kier molecular flexibility index (Phi) is 7.61. The lowest BCUT2D eigenvalue weighted by atomic mass is 10.1. The van der Waals surface area contributed by atoms with E-state index in [0.717, 1.165) is 6.42 Å². The summed E-state index contributed by atoms with van der Waals surface area (Å²) < 4.78 is 33.9. The van der Waals surface area contributed by atoms with Gasteiger partial charge in [0.2, 0.25) is 17.7 Å². The second-order valence-corrected chi connectivity index (χ2v) is 10.0. The van der Waals surface area contributed by atoms with E-state index in [-0.39, 0.29) is 17.7 Å². The van der Waals surface area contributed by atoms with Crippen molar-refractivity contribution in [1.29, 1.82) is 0 Å². The lowest BCUT2D eigenvalue weighted by molar-refractivity contribution is -0.135. The monoisotopic (exact) mass is 577 g/mol. The van der Waals surface area contributed by atoms with Crippen molar-refractivity contribution < 1.29 is 23.1 Å². The molecule has 14 heteroatoms. The molecule has 1 aliphatic heterocycles. The van der Waals surface area contributed by atoms with Crippen LogP contribution in [0.15, 0.2) is 47.2 Å². The van der Waals surface area contributed by atoms with Gasteiger partial charge in [0.05, 0.1) is 30.1 Å². The molecule has 0 spiro atoms. The van der Waals surface area contributed by atoms with Crippen LogP contribution in [0.2, 0.25) is 0 Å². The van der Waals surface area contributed by atoms with Crippen molar-refractivity contribution in [2.75, 3.05) is 57.1 Å². The molecule has 42 heavy (non-hydrogen) atoms. The minimum Gasteiger partial charge on any atom is -0.491 e. The van der Waals surface area contributed by atoms with Gasteiger partial charge in [-0.15, -0.1) is 5.10 Å². The van der Waals surface area contributed by atoms with Crippen LogP contribution in [0, 0.1) is 5.82 Å². The standard InChI is InChI=1S/C28H32FN9O4/c1-3-5-22(27(39)36-11-9-35(10-12-36)21-8-7-18(16-20(21)29)41-15-14-40-2)37-26-19(17-31-37)25-32-24(23-6-4-13-42-23)34-38(25)28(30)33-26/h4,6-8,13,16-17,22H,3,5,9-12,14-15H2,1-2H3,(H2,30,33)/t22-/m1/s1. The van der Waals surface area contributed by atoms with Gasteiger partial charge >= 0.3 is 0 Å². The molecule has 0 radical (unpaired) electrons. The molecule has 0 bridgehead atoms. The zero-order valence-electron chi connectivity index (χ0n) is 23.4. The summed E-state index contributed by atoms with van der Waals surface area (Å²) >= 11 is 0. The quantitative estimate of drug-likeness (QED) is 0.246. The lowest BCUT2D eigenvalue weighted by Gasteiger charge is -2.37. The van der Waals surface area contributed by atoms with E-state index in [2.05, 4.69) is 20.2 Å². The fourth-order valence-corrected chi connectivity index (χ4v) is 5.24. The number of ether oxygens (including phenoxy) is 2. The number of fused-ring (bicyclic) bond motifs is 3. The number of carbonyl (C=O) groups is 1. The van der Waals surface area contributed by atoms with Gasteiger partial charge in [0, 0.05) is 39.4 Å². The number of benzene rings is 1. The normalized spacial score (nSPS) is 14.6. The van der Waals surface area contributed by atoms with Crippen LogP contribution in [0.25, 0.3) is 28.3 Å². The van der Waals surface area contributed by atoms with Gasteiger partial charge in [0.1, 0.15) is 24.2 Å². The maximum atomic E-state index is 14.9.